The van der Waals surface area contributed by atoms with Gasteiger partial charge >= 0.3 is 0 Å². The van der Waals surface area contributed by atoms with Gasteiger partial charge in [-0.25, -0.2) is 0 Å². The Morgan fingerprint density at radius 1 is 1.33 bits per heavy atom. The second-order valence-corrected chi connectivity index (χ2v) is 4.27. The van der Waals surface area contributed by atoms with Gasteiger partial charge in [0.05, 0.1) is 6.61 Å². The molecule has 0 aromatic heterocycles. The van der Waals surface area contributed by atoms with Crippen LogP contribution in [-0.4, -0.2) is 48.0 Å². The molecular formula is C9H21NO2. The second-order valence-electron chi connectivity index (χ2n) is 4.27. The summed E-state index contributed by atoms with van der Waals surface area (Å²) in [6, 6.07) is 0.163. The normalized spacial score (nSPS) is 15.2. The summed E-state index contributed by atoms with van der Waals surface area (Å²) in [6.45, 7) is 7.12. The van der Waals surface area contributed by atoms with E-state index in [-0.39, 0.29) is 24.7 Å². The van der Waals surface area contributed by atoms with Crippen LogP contribution < -0.4 is 0 Å². The molecule has 0 aliphatic heterocycles. The molecule has 0 heterocycles. The zero-order chi connectivity index (χ0) is 9.78. The summed E-state index contributed by atoms with van der Waals surface area (Å²) in [5, 5.41) is 17.9. The smallest absolute Gasteiger partial charge is 0.0584 e. The third kappa shape index (κ3) is 4.04. The highest BCUT2D eigenvalue weighted by Crippen LogP contribution is 2.15. The van der Waals surface area contributed by atoms with Gasteiger partial charge in [-0.05, 0) is 14.0 Å². The van der Waals surface area contributed by atoms with Gasteiger partial charge in [-0.15, -0.1) is 0 Å². The second kappa shape index (κ2) is 4.80. The van der Waals surface area contributed by atoms with E-state index in [1.54, 1.807) is 0 Å². The molecule has 0 aliphatic rings. The molecule has 0 radical (unpaired) electrons. The van der Waals surface area contributed by atoms with Crippen molar-refractivity contribution in [2.24, 2.45) is 5.41 Å². The molecule has 3 heteroatoms. The summed E-state index contributed by atoms with van der Waals surface area (Å²) in [5.41, 5.74) is -0.0851. The highest BCUT2D eigenvalue weighted by molar-refractivity contribution is 4.73. The molecule has 0 amide bonds. The SMILES string of the molecule is CC(CO)N(C)CC(C)(C)CO. The highest BCUT2D eigenvalue weighted by Gasteiger charge is 2.20. The Morgan fingerprint density at radius 3 is 2.17 bits per heavy atom. The van der Waals surface area contributed by atoms with Crippen LogP contribution in [0.15, 0.2) is 0 Å². The van der Waals surface area contributed by atoms with E-state index in [0.717, 1.165) is 6.54 Å². The zero-order valence-electron chi connectivity index (χ0n) is 8.54. The number of nitrogens with zero attached hydrogens (tertiary/aromatic N) is 1. The number of hydrogen-bond donors (Lipinski definition) is 2. The predicted molar refractivity (Wildman–Crippen MR) is 50.0 cm³/mol. The van der Waals surface area contributed by atoms with Crippen LogP contribution in [0.3, 0.4) is 0 Å². The van der Waals surface area contributed by atoms with E-state index in [4.69, 9.17) is 10.2 Å². The van der Waals surface area contributed by atoms with E-state index >= 15 is 0 Å². The molecule has 1 atom stereocenters. The summed E-state index contributed by atoms with van der Waals surface area (Å²) in [6.07, 6.45) is 0. The Bertz CT molecular complexity index is 126. The van der Waals surface area contributed by atoms with Gasteiger partial charge in [-0.1, -0.05) is 13.8 Å². The van der Waals surface area contributed by atoms with Gasteiger partial charge < -0.3 is 15.1 Å². The maximum absolute atomic E-state index is 9.01. The Balaban J connectivity index is 3.90. The lowest BCUT2D eigenvalue weighted by molar-refractivity contribution is 0.0788. The Hall–Kier alpha value is -0.120. The minimum Gasteiger partial charge on any atom is -0.396 e. The van der Waals surface area contributed by atoms with E-state index in [0.29, 0.717) is 0 Å². The Labute approximate surface area is 75.0 Å². The first-order chi connectivity index (χ1) is 5.43. The number of likely N-dealkylation sites (N-methyl/N-ethyl adjacent to an activating group) is 1. The van der Waals surface area contributed by atoms with Crippen LogP contribution >= 0.6 is 0 Å². The van der Waals surface area contributed by atoms with E-state index in [9.17, 15) is 0 Å². The van der Waals surface area contributed by atoms with E-state index < -0.39 is 0 Å². The van der Waals surface area contributed by atoms with Crippen LogP contribution in [0.2, 0.25) is 0 Å². The molecule has 0 aromatic carbocycles. The topological polar surface area (TPSA) is 43.7 Å². The maximum atomic E-state index is 9.01. The van der Waals surface area contributed by atoms with Crippen molar-refractivity contribution in [2.75, 3.05) is 26.8 Å². The van der Waals surface area contributed by atoms with Crippen molar-refractivity contribution in [3.05, 3.63) is 0 Å². The van der Waals surface area contributed by atoms with Crippen LogP contribution in [0.4, 0.5) is 0 Å². The van der Waals surface area contributed by atoms with Gasteiger partial charge in [0.25, 0.3) is 0 Å². The molecule has 0 aliphatic carbocycles. The number of rotatable bonds is 5. The molecule has 0 spiro atoms. The standard InChI is InChI=1S/C9H21NO2/c1-8(5-11)10(4)6-9(2,3)7-12/h8,11-12H,5-7H2,1-4H3. The third-order valence-corrected chi connectivity index (χ3v) is 2.12. The maximum Gasteiger partial charge on any atom is 0.0584 e. The van der Waals surface area contributed by atoms with Crippen molar-refractivity contribution in [3.8, 4) is 0 Å². The first-order valence-corrected chi connectivity index (χ1v) is 4.35. The average Bonchev–Trinajstić information content (AvgIpc) is 2.02. The first-order valence-electron chi connectivity index (χ1n) is 4.35. The zero-order valence-corrected chi connectivity index (χ0v) is 8.54. The summed E-state index contributed by atoms with van der Waals surface area (Å²) in [7, 11) is 1.96. The molecule has 0 saturated heterocycles. The quantitative estimate of drug-likeness (QED) is 0.632. The molecule has 74 valence electrons. The van der Waals surface area contributed by atoms with Crippen LogP contribution in [0.5, 0.6) is 0 Å². The van der Waals surface area contributed by atoms with Crippen molar-refractivity contribution in [1.82, 2.24) is 4.90 Å². The van der Waals surface area contributed by atoms with Crippen LogP contribution in [0.25, 0.3) is 0 Å². The highest BCUT2D eigenvalue weighted by atomic mass is 16.3. The Morgan fingerprint density at radius 2 is 1.83 bits per heavy atom. The average molecular weight is 175 g/mol. The number of aliphatic hydroxyl groups excluding tert-OH is 2. The summed E-state index contributed by atoms with van der Waals surface area (Å²) in [5.74, 6) is 0. The van der Waals surface area contributed by atoms with Crippen LogP contribution in [0.1, 0.15) is 20.8 Å². The van der Waals surface area contributed by atoms with Crippen molar-refractivity contribution < 1.29 is 10.2 Å². The molecule has 1 unspecified atom stereocenters. The molecule has 0 aromatic rings. The van der Waals surface area contributed by atoms with Crippen molar-refractivity contribution in [2.45, 2.75) is 26.8 Å². The van der Waals surface area contributed by atoms with E-state index in [1.165, 1.54) is 0 Å². The monoisotopic (exact) mass is 175 g/mol. The van der Waals surface area contributed by atoms with Gasteiger partial charge in [0.1, 0.15) is 0 Å². The van der Waals surface area contributed by atoms with Crippen LogP contribution in [0, 0.1) is 5.41 Å². The Kier molecular flexibility index (Phi) is 4.75. The fourth-order valence-corrected chi connectivity index (χ4v) is 1.02. The molecule has 0 bridgehead atoms. The minimum atomic E-state index is -0.0851. The largest absolute Gasteiger partial charge is 0.396 e. The van der Waals surface area contributed by atoms with Gasteiger partial charge in [0.15, 0.2) is 0 Å². The van der Waals surface area contributed by atoms with Gasteiger partial charge in [0, 0.05) is 24.6 Å². The molecule has 3 nitrogen and oxygen atoms in total. The molecule has 2 N–H and O–H groups in total. The molecule has 12 heavy (non-hydrogen) atoms. The fourth-order valence-electron chi connectivity index (χ4n) is 1.02. The third-order valence-electron chi connectivity index (χ3n) is 2.12. The predicted octanol–water partition coefficient (Wildman–Crippen LogP) is 0.318. The number of hydrogen-bond acceptors (Lipinski definition) is 3. The summed E-state index contributed by atoms with van der Waals surface area (Å²) < 4.78 is 0. The lowest BCUT2D eigenvalue weighted by Gasteiger charge is -2.31. The van der Waals surface area contributed by atoms with Crippen molar-refractivity contribution in [1.29, 1.82) is 0 Å². The lowest BCUT2D eigenvalue weighted by atomic mass is 9.94. The summed E-state index contributed by atoms with van der Waals surface area (Å²) in [4.78, 5) is 2.05. The van der Waals surface area contributed by atoms with Gasteiger partial charge in [0.2, 0.25) is 0 Å². The van der Waals surface area contributed by atoms with Gasteiger partial charge in [-0.3, -0.25) is 0 Å². The molecule has 0 fully saturated rings. The lowest BCUT2D eigenvalue weighted by Crippen LogP contribution is -2.40. The van der Waals surface area contributed by atoms with E-state index in [1.807, 2.05) is 27.8 Å². The fraction of sp³-hybridized carbons (Fsp3) is 1.00. The number of aliphatic hydroxyl groups is 2. The minimum absolute atomic E-state index is 0.0851. The molecular weight excluding hydrogens is 154 g/mol. The summed E-state index contributed by atoms with van der Waals surface area (Å²) >= 11 is 0. The van der Waals surface area contributed by atoms with Gasteiger partial charge in [-0.2, -0.15) is 0 Å². The van der Waals surface area contributed by atoms with Crippen molar-refractivity contribution >= 4 is 0 Å². The molecule has 0 saturated carbocycles. The molecule has 0 rings (SSSR count). The van der Waals surface area contributed by atoms with Crippen LogP contribution in [-0.2, 0) is 0 Å². The first kappa shape index (κ1) is 11.9. The van der Waals surface area contributed by atoms with Crippen molar-refractivity contribution in [3.63, 3.8) is 0 Å². The van der Waals surface area contributed by atoms with E-state index in [2.05, 4.69) is 4.90 Å².